The summed E-state index contributed by atoms with van der Waals surface area (Å²) >= 11 is 0. The summed E-state index contributed by atoms with van der Waals surface area (Å²) in [6.07, 6.45) is 0.851. The lowest BCUT2D eigenvalue weighted by molar-refractivity contribution is -0.118. The topological polar surface area (TPSA) is 101 Å². The van der Waals surface area contributed by atoms with Crippen molar-refractivity contribution in [2.24, 2.45) is 5.73 Å². The van der Waals surface area contributed by atoms with Crippen molar-refractivity contribution in [2.45, 2.75) is 6.42 Å². The highest BCUT2D eigenvalue weighted by molar-refractivity contribution is 5.96. The zero-order chi connectivity index (χ0) is 12.4. The number of amides is 3. The van der Waals surface area contributed by atoms with Crippen molar-refractivity contribution in [3.63, 3.8) is 0 Å². The number of hydrogen-bond acceptors (Lipinski definition) is 4. The molecule has 0 aliphatic carbocycles. The summed E-state index contributed by atoms with van der Waals surface area (Å²) in [5.74, 6) is -0.423. The highest BCUT2D eigenvalue weighted by Gasteiger charge is 2.23. The van der Waals surface area contributed by atoms with Gasteiger partial charge in [0.1, 0.15) is 0 Å². The van der Waals surface area contributed by atoms with Gasteiger partial charge in [-0.25, -0.2) is 4.79 Å². The Morgan fingerprint density at radius 2 is 2.18 bits per heavy atom. The first kappa shape index (κ1) is 11.3. The number of primary amides is 1. The van der Waals surface area contributed by atoms with Crippen LogP contribution >= 0.6 is 0 Å². The van der Waals surface area contributed by atoms with E-state index in [1.165, 1.54) is 0 Å². The van der Waals surface area contributed by atoms with E-state index in [4.69, 9.17) is 11.5 Å². The first-order chi connectivity index (χ1) is 8.08. The molecule has 90 valence electrons. The normalized spacial score (nSPS) is 13.3. The molecule has 0 bridgehead atoms. The van der Waals surface area contributed by atoms with E-state index in [1.807, 2.05) is 22.3 Å². The van der Waals surface area contributed by atoms with Gasteiger partial charge in [0.05, 0.1) is 17.9 Å². The minimum atomic E-state index is -0.838. The van der Waals surface area contributed by atoms with Crippen LogP contribution in [0.4, 0.5) is 16.2 Å². The average Bonchev–Trinajstić information content (AvgIpc) is 2.61. The molecule has 0 radical (unpaired) electrons. The van der Waals surface area contributed by atoms with E-state index < -0.39 is 11.9 Å². The van der Waals surface area contributed by atoms with Crippen molar-refractivity contribution in [1.29, 1.82) is 0 Å². The maximum Gasteiger partial charge on any atom is 0.318 e. The minimum Gasteiger partial charge on any atom is -0.397 e. The molecule has 0 fully saturated rings. The number of carbonyl (C=O) groups excluding carboxylic acids is 2. The fraction of sp³-hybridized carbons (Fsp3) is 0.273. The number of urea groups is 1. The first-order valence-corrected chi connectivity index (χ1v) is 5.29. The number of nitrogens with two attached hydrogens (primary N) is 2. The summed E-state index contributed by atoms with van der Waals surface area (Å²) in [6, 6.07) is 4.83. The molecular formula is C11H14N4O2. The van der Waals surface area contributed by atoms with E-state index in [9.17, 15) is 9.59 Å². The Labute approximate surface area is 98.6 Å². The van der Waals surface area contributed by atoms with Gasteiger partial charge in [0.15, 0.2) is 0 Å². The van der Waals surface area contributed by atoms with E-state index in [-0.39, 0.29) is 6.54 Å². The van der Waals surface area contributed by atoms with Crippen molar-refractivity contribution in [1.82, 2.24) is 5.32 Å². The number of nitrogens with zero attached hydrogens (tertiary/aromatic N) is 1. The molecule has 0 spiro atoms. The van der Waals surface area contributed by atoms with Gasteiger partial charge in [0.25, 0.3) is 0 Å². The maximum atomic E-state index is 11.4. The molecule has 1 aliphatic rings. The molecule has 3 amide bonds. The van der Waals surface area contributed by atoms with E-state index >= 15 is 0 Å². The van der Waals surface area contributed by atoms with E-state index in [1.54, 1.807) is 6.07 Å². The van der Waals surface area contributed by atoms with Crippen LogP contribution < -0.4 is 21.7 Å². The molecule has 0 atom stereocenters. The Kier molecular flexibility index (Phi) is 2.86. The summed E-state index contributed by atoms with van der Waals surface area (Å²) in [5.41, 5.74) is 13.4. The maximum absolute atomic E-state index is 11.4. The number of rotatable bonds is 2. The summed E-state index contributed by atoms with van der Waals surface area (Å²) < 4.78 is 0. The Hall–Kier alpha value is -2.24. The van der Waals surface area contributed by atoms with Gasteiger partial charge < -0.3 is 16.4 Å². The number of fused-ring (bicyclic) bond motifs is 1. The molecule has 1 aromatic rings. The number of anilines is 2. The fourth-order valence-corrected chi connectivity index (χ4v) is 2.07. The highest BCUT2D eigenvalue weighted by Crippen LogP contribution is 2.33. The average molecular weight is 234 g/mol. The fourth-order valence-electron chi connectivity index (χ4n) is 2.07. The van der Waals surface area contributed by atoms with Crippen molar-refractivity contribution in [2.75, 3.05) is 23.7 Å². The second kappa shape index (κ2) is 4.32. The molecule has 6 nitrogen and oxygen atoms in total. The predicted molar refractivity (Wildman–Crippen MR) is 64.5 cm³/mol. The number of hydrogen-bond donors (Lipinski definition) is 3. The lowest BCUT2D eigenvalue weighted by Crippen LogP contribution is -2.42. The van der Waals surface area contributed by atoms with Crippen LogP contribution in [0.25, 0.3) is 0 Å². The molecule has 2 rings (SSSR count). The summed E-state index contributed by atoms with van der Waals surface area (Å²) in [7, 11) is 0. The van der Waals surface area contributed by atoms with Crippen LogP contribution in [0, 0.1) is 0 Å². The van der Waals surface area contributed by atoms with Gasteiger partial charge in [-0.1, -0.05) is 12.1 Å². The quantitative estimate of drug-likeness (QED) is 0.618. The second-order valence-corrected chi connectivity index (χ2v) is 3.94. The van der Waals surface area contributed by atoms with Crippen LogP contribution in [-0.4, -0.2) is 25.0 Å². The number of imide groups is 1. The third kappa shape index (κ3) is 2.30. The van der Waals surface area contributed by atoms with Gasteiger partial charge in [-0.15, -0.1) is 0 Å². The molecule has 0 aromatic heterocycles. The van der Waals surface area contributed by atoms with E-state index in [2.05, 4.69) is 0 Å². The van der Waals surface area contributed by atoms with Crippen molar-refractivity contribution < 1.29 is 9.59 Å². The molecular weight excluding hydrogens is 220 g/mol. The van der Waals surface area contributed by atoms with Crippen molar-refractivity contribution in [3.8, 4) is 0 Å². The van der Waals surface area contributed by atoms with Gasteiger partial charge in [0.2, 0.25) is 5.91 Å². The Morgan fingerprint density at radius 3 is 2.88 bits per heavy atom. The monoisotopic (exact) mass is 234 g/mol. The minimum absolute atomic E-state index is 0.0875. The summed E-state index contributed by atoms with van der Waals surface area (Å²) in [5, 5.41) is 2.04. The SMILES string of the molecule is NC(=O)NC(=O)CN1CCc2cccc(N)c21. The first-order valence-electron chi connectivity index (χ1n) is 5.29. The number of nitrogen functional groups attached to an aromatic ring is 1. The van der Waals surface area contributed by atoms with Crippen LogP contribution in [-0.2, 0) is 11.2 Å². The van der Waals surface area contributed by atoms with Crippen LogP contribution in [0.3, 0.4) is 0 Å². The molecule has 5 N–H and O–H groups in total. The second-order valence-electron chi connectivity index (χ2n) is 3.94. The molecule has 1 aromatic carbocycles. The lowest BCUT2D eigenvalue weighted by Gasteiger charge is -2.19. The van der Waals surface area contributed by atoms with Crippen LogP contribution in [0.5, 0.6) is 0 Å². The van der Waals surface area contributed by atoms with Crippen molar-refractivity contribution in [3.05, 3.63) is 23.8 Å². The zero-order valence-corrected chi connectivity index (χ0v) is 9.27. The number of benzene rings is 1. The standard InChI is InChI=1S/C11H14N4O2/c12-8-3-1-2-7-4-5-15(10(7)8)6-9(16)14-11(13)17/h1-3H,4-6,12H2,(H3,13,14,16,17). The summed E-state index contributed by atoms with van der Waals surface area (Å²) in [4.78, 5) is 23.8. The predicted octanol–water partition coefficient (Wildman–Crippen LogP) is -0.174. The summed E-state index contributed by atoms with van der Waals surface area (Å²) in [6.45, 7) is 0.805. The molecule has 17 heavy (non-hydrogen) atoms. The smallest absolute Gasteiger partial charge is 0.318 e. The van der Waals surface area contributed by atoms with Gasteiger partial charge >= 0.3 is 6.03 Å². The molecule has 0 saturated heterocycles. The Bertz CT molecular complexity index is 473. The molecule has 6 heteroatoms. The zero-order valence-electron chi connectivity index (χ0n) is 9.27. The molecule has 1 heterocycles. The molecule has 0 saturated carbocycles. The van der Waals surface area contributed by atoms with Crippen LogP contribution in [0.15, 0.2) is 18.2 Å². The van der Waals surface area contributed by atoms with Gasteiger partial charge in [-0.2, -0.15) is 0 Å². The third-order valence-electron chi connectivity index (χ3n) is 2.72. The van der Waals surface area contributed by atoms with Gasteiger partial charge in [0, 0.05) is 6.54 Å². The van der Waals surface area contributed by atoms with Crippen LogP contribution in [0.2, 0.25) is 0 Å². The van der Waals surface area contributed by atoms with Crippen LogP contribution in [0.1, 0.15) is 5.56 Å². The van der Waals surface area contributed by atoms with Crippen molar-refractivity contribution >= 4 is 23.3 Å². The number of para-hydroxylation sites is 1. The number of nitrogens with one attached hydrogen (secondary N) is 1. The highest BCUT2D eigenvalue weighted by atomic mass is 16.2. The lowest BCUT2D eigenvalue weighted by atomic mass is 10.1. The molecule has 0 unspecified atom stereocenters. The van der Waals surface area contributed by atoms with E-state index in [0.29, 0.717) is 5.69 Å². The number of carbonyl (C=O) groups is 2. The largest absolute Gasteiger partial charge is 0.397 e. The third-order valence-corrected chi connectivity index (χ3v) is 2.72. The van der Waals surface area contributed by atoms with Gasteiger partial charge in [-0.3, -0.25) is 10.1 Å². The van der Waals surface area contributed by atoms with Gasteiger partial charge in [-0.05, 0) is 18.1 Å². The Balaban J connectivity index is 2.12. The Morgan fingerprint density at radius 1 is 1.41 bits per heavy atom. The van der Waals surface area contributed by atoms with E-state index in [0.717, 1.165) is 24.2 Å². The molecule has 1 aliphatic heterocycles.